The molecular formula is C13H17NO3S2. The molecule has 1 aliphatic rings. The topological polar surface area (TPSA) is 57.6 Å². The SMILES string of the molecule is CC(C)C[C@H](C(=O)O)N1C(=O)CS[C@H]1c1cccs1. The van der Waals surface area contributed by atoms with E-state index < -0.39 is 12.0 Å². The van der Waals surface area contributed by atoms with Gasteiger partial charge in [0.15, 0.2) is 0 Å². The van der Waals surface area contributed by atoms with Crippen LogP contribution in [0, 0.1) is 5.92 Å². The molecule has 1 amide bonds. The highest BCUT2D eigenvalue weighted by molar-refractivity contribution is 8.00. The van der Waals surface area contributed by atoms with E-state index in [9.17, 15) is 14.7 Å². The van der Waals surface area contributed by atoms with Gasteiger partial charge in [-0.15, -0.1) is 23.1 Å². The van der Waals surface area contributed by atoms with Gasteiger partial charge in [0.2, 0.25) is 5.91 Å². The van der Waals surface area contributed by atoms with Crippen LogP contribution in [0.5, 0.6) is 0 Å². The van der Waals surface area contributed by atoms with Gasteiger partial charge in [-0.3, -0.25) is 4.79 Å². The Balaban J connectivity index is 2.26. The van der Waals surface area contributed by atoms with Crippen LogP contribution in [-0.4, -0.2) is 33.7 Å². The van der Waals surface area contributed by atoms with Crippen LogP contribution in [0.25, 0.3) is 0 Å². The van der Waals surface area contributed by atoms with Crippen LogP contribution in [-0.2, 0) is 9.59 Å². The van der Waals surface area contributed by atoms with Crippen LogP contribution in [0.2, 0.25) is 0 Å². The zero-order valence-electron chi connectivity index (χ0n) is 10.9. The van der Waals surface area contributed by atoms with Crippen LogP contribution in [0.15, 0.2) is 17.5 Å². The molecule has 0 spiro atoms. The standard InChI is InChI=1S/C13H17NO3S2/c1-8(2)6-9(13(16)17)14-11(15)7-19-12(14)10-4-3-5-18-10/h3-5,8-9,12H,6-7H2,1-2H3,(H,16,17)/t9-,12+/m1/s1. The second kappa shape index (κ2) is 5.96. The maximum absolute atomic E-state index is 12.1. The van der Waals surface area contributed by atoms with E-state index in [-0.39, 0.29) is 17.2 Å². The molecule has 6 heteroatoms. The molecule has 104 valence electrons. The second-order valence-electron chi connectivity index (χ2n) is 4.96. The number of carboxylic acid groups (broad SMARTS) is 1. The van der Waals surface area contributed by atoms with Crippen molar-refractivity contribution < 1.29 is 14.7 Å². The minimum absolute atomic E-state index is 0.0727. The summed E-state index contributed by atoms with van der Waals surface area (Å²) in [6.07, 6.45) is 0.490. The van der Waals surface area contributed by atoms with Crippen molar-refractivity contribution in [3.8, 4) is 0 Å². The Morgan fingerprint density at radius 2 is 2.32 bits per heavy atom. The number of amides is 1. The van der Waals surface area contributed by atoms with Gasteiger partial charge in [0, 0.05) is 4.88 Å². The van der Waals surface area contributed by atoms with Crippen molar-refractivity contribution in [1.29, 1.82) is 0 Å². The van der Waals surface area contributed by atoms with E-state index in [0.717, 1.165) is 4.88 Å². The van der Waals surface area contributed by atoms with Crippen LogP contribution in [0.1, 0.15) is 30.5 Å². The van der Waals surface area contributed by atoms with Crippen LogP contribution in [0.4, 0.5) is 0 Å². The molecule has 4 nitrogen and oxygen atoms in total. The Morgan fingerprint density at radius 3 is 2.84 bits per heavy atom. The Kier molecular flexibility index (Phi) is 4.52. The largest absolute Gasteiger partial charge is 0.480 e. The molecule has 0 unspecified atom stereocenters. The zero-order valence-corrected chi connectivity index (χ0v) is 12.5. The number of hydrogen-bond acceptors (Lipinski definition) is 4. The van der Waals surface area contributed by atoms with Gasteiger partial charge in [-0.2, -0.15) is 0 Å². The molecule has 19 heavy (non-hydrogen) atoms. The van der Waals surface area contributed by atoms with Gasteiger partial charge >= 0.3 is 5.97 Å². The summed E-state index contributed by atoms with van der Waals surface area (Å²) in [5.74, 6) is -0.379. The predicted octanol–water partition coefficient (Wildman–Crippen LogP) is 2.82. The lowest BCUT2D eigenvalue weighted by Gasteiger charge is -2.30. The summed E-state index contributed by atoms with van der Waals surface area (Å²) in [7, 11) is 0. The van der Waals surface area contributed by atoms with E-state index in [1.54, 1.807) is 16.2 Å². The smallest absolute Gasteiger partial charge is 0.326 e. The number of nitrogens with zero attached hydrogens (tertiary/aromatic N) is 1. The lowest BCUT2D eigenvalue weighted by molar-refractivity contribution is -0.150. The monoisotopic (exact) mass is 299 g/mol. The Labute approximate surface area is 120 Å². The molecule has 0 aromatic carbocycles. The van der Waals surface area contributed by atoms with E-state index in [1.807, 2.05) is 31.4 Å². The first kappa shape index (κ1) is 14.4. The molecule has 0 bridgehead atoms. The van der Waals surface area contributed by atoms with Gasteiger partial charge in [0.1, 0.15) is 11.4 Å². The molecule has 1 fully saturated rings. The van der Waals surface area contributed by atoms with Gasteiger partial charge in [0.05, 0.1) is 5.75 Å². The van der Waals surface area contributed by atoms with E-state index in [1.165, 1.54) is 11.8 Å². The number of thiophene rings is 1. The minimum atomic E-state index is -0.911. The van der Waals surface area contributed by atoms with Crippen LogP contribution >= 0.6 is 23.1 Å². The van der Waals surface area contributed by atoms with Crippen molar-refractivity contribution in [2.75, 3.05) is 5.75 Å². The third-order valence-corrected chi connectivity index (χ3v) is 5.29. The van der Waals surface area contributed by atoms with Gasteiger partial charge in [-0.05, 0) is 23.8 Å². The quantitative estimate of drug-likeness (QED) is 0.908. The highest BCUT2D eigenvalue weighted by Crippen LogP contribution is 2.42. The average Bonchev–Trinajstić information content (AvgIpc) is 2.94. The summed E-state index contributed by atoms with van der Waals surface area (Å²) in [6, 6.07) is 3.16. The molecule has 2 rings (SSSR count). The summed E-state index contributed by atoms with van der Waals surface area (Å²) >= 11 is 3.08. The summed E-state index contributed by atoms with van der Waals surface area (Å²) in [4.78, 5) is 26.1. The molecule has 1 saturated heterocycles. The average molecular weight is 299 g/mol. The first-order chi connectivity index (χ1) is 9.00. The molecule has 0 radical (unpaired) electrons. The summed E-state index contributed by atoms with van der Waals surface area (Å²) in [5.41, 5.74) is 0. The van der Waals surface area contributed by atoms with Crippen molar-refractivity contribution in [3.05, 3.63) is 22.4 Å². The Morgan fingerprint density at radius 1 is 1.58 bits per heavy atom. The maximum atomic E-state index is 12.1. The molecule has 1 aromatic rings. The molecule has 0 aliphatic carbocycles. The van der Waals surface area contributed by atoms with Crippen molar-refractivity contribution in [3.63, 3.8) is 0 Å². The van der Waals surface area contributed by atoms with Gasteiger partial charge in [-0.25, -0.2) is 4.79 Å². The molecule has 2 atom stereocenters. The first-order valence-corrected chi connectivity index (χ1v) is 8.12. The summed E-state index contributed by atoms with van der Waals surface area (Å²) in [6.45, 7) is 3.95. The first-order valence-electron chi connectivity index (χ1n) is 6.19. The van der Waals surface area contributed by atoms with Gasteiger partial charge in [-0.1, -0.05) is 19.9 Å². The van der Waals surface area contributed by atoms with E-state index in [4.69, 9.17) is 0 Å². The lowest BCUT2D eigenvalue weighted by atomic mass is 10.0. The van der Waals surface area contributed by atoms with Gasteiger partial charge < -0.3 is 10.0 Å². The third-order valence-electron chi connectivity index (χ3n) is 3.01. The van der Waals surface area contributed by atoms with Crippen LogP contribution in [0.3, 0.4) is 0 Å². The molecule has 1 N–H and O–H groups in total. The number of carbonyl (C=O) groups is 2. The second-order valence-corrected chi connectivity index (χ2v) is 7.01. The fraction of sp³-hybridized carbons (Fsp3) is 0.538. The molecule has 1 aromatic heterocycles. The molecule has 0 saturated carbocycles. The number of rotatable bonds is 5. The fourth-order valence-electron chi connectivity index (χ4n) is 2.20. The number of hydrogen-bond donors (Lipinski definition) is 1. The highest BCUT2D eigenvalue weighted by Gasteiger charge is 2.41. The van der Waals surface area contributed by atoms with E-state index in [2.05, 4.69) is 0 Å². The van der Waals surface area contributed by atoms with Crippen molar-refractivity contribution >= 4 is 35.0 Å². The lowest BCUT2D eigenvalue weighted by Crippen LogP contribution is -2.44. The Bertz CT molecular complexity index is 458. The number of aliphatic carboxylic acids is 1. The van der Waals surface area contributed by atoms with Crippen molar-refractivity contribution in [2.45, 2.75) is 31.7 Å². The maximum Gasteiger partial charge on any atom is 0.326 e. The van der Waals surface area contributed by atoms with Crippen molar-refractivity contribution in [2.24, 2.45) is 5.92 Å². The Hall–Kier alpha value is -1.01. The van der Waals surface area contributed by atoms with Gasteiger partial charge in [0.25, 0.3) is 0 Å². The molecule has 1 aliphatic heterocycles. The highest BCUT2D eigenvalue weighted by atomic mass is 32.2. The van der Waals surface area contributed by atoms with E-state index >= 15 is 0 Å². The van der Waals surface area contributed by atoms with Crippen molar-refractivity contribution in [1.82, 2.24) is 4.90 Å². The summed E-state index contributed by atoms with van der Waals surface area (Å²) in [5, 5.41) is 11.2. The fourth-order valence-corrected chi connectivity index (χ4v) is 4.39. The zero-order chi connectivity index (χ0) is 14.0. The molecular weight excluding hydrogens is 282 g/mol. The minimum Gasteiger partial charge on any atom is -0.480 e. The van der Waals surface area contributed by atoms with Crippen LogP contribution < -0.4 is 0 Å². The number of carbonyl (C=O) groups excluding carboxylic acids is 1. The number of thioether (sulfide) groups is 1. The summed E-state index contributed by atoms with van der Waals surface area (Å²) < 4.78 is 0. The third kappa shape index (κ3) is 3.12. The molecule has 2 heterocycles. The predicted molar refractivity (Wildman–Crippen MR) is 77.2 cm³/mol. The normalized spacial score (nSPS) is 21.1. The number of carboxylic acids is 1. The van der Waals surface area contributed by atoms with E-state index in [0.29, 0.717) is 12.2 Å².